The van der Waals surface area contributed by atoms with Crippen LogP contribution in [0, 0.1) is 5.82 Å². The molecule has 0 bridgehead atoms. The van der Waals surface area contributed by atoms with E-state index in [9.17, 15) is 17.6 Å². The summed E-state index contributed by atoms with van der Waals surface area (Å²) in [6.07, 6.45) is -3.43. The Hall–Kier alpha value is -1.47. The van der Waals surface area contributed by atoms with Crippen molar-refractivity contribution in [2.24, 2.45) is 0 Å². The predicted molar refractivity (Wildman–Crippen MR) is 58.4 cm³/mol. The van der Waals surface area contributed by atoms with Crippen molar-refractivity contribution in [2.45, 2.75) is 12.8 Å². The quantitative estimate of drug-likeness (QED) is 0.853. The third-order valence-corrected chi connectivity index (χ3v) is 3.26. The number of aliphatic hydroxyl groups is 1. The van der Waals surface area contributed by atoms with E-state index in [0.29, 0.717) is 10.9 Å². The van der Waals surface area contributed by atoms with E-state index < -0.39 is 17.6 Å². The molecule has 7 heteroatoms. The number of benzene rings is 1. The van der Waals surface area contributed by atoms with Gasteiger partial charge in [0.05, 0.1) is 17.0 Å². The molecule has 1 heterocycles. The number of nitrogens with zero attached hydrogens (tertiary/aromatic N) is 1. The van der Waals surface area contributed by atoms with Crippen LogP contribution in [0.1, 0.15) is 10.4 Å². The second-order valence-electron chi connectivity index (χ2n) is 3.45. The van der Waals surface area contributed by atoms with Gasteiger partial charge in [0.1, 0.15) is 10.8 Å². The molecule has 0 fully saturated rings. The molecular formula is C11H7F4NOS. The maximum atomic E-state index is 13.8. The number of hydrogen-bond donors (Lipinski definition) is 1. The van der Waals surface area contributed by atoms with Crippen molar-refractivity contribution in [1.82, 2.24) is 4.98 Å². The van der Waals surface area contributed by atoms with Crippen LogP contribution in [-0.2, 0) is 12.8 Å². The smallest absolute Gasteiger partial charge is 0.391 e. The van der Waals surface area contributed by atoms with Crippen LogP contribution in [0.3, 0.4) is 0 Å². The number of alkyl halides is 3. The van der Waals surface area contributed by atoms with Gasteiger partial charge in [0.25, 0.3) is 0 Å². The molecule has 0 spiro atoms. The topological polar surface area (TPSA) is 33.1 Å². The van der Waals surface area contributed by atoms with Crippen LogP contribution >= 0.6 is 11.3 Å². The van der Waals surface area contributed by atoms with Gasteiger partial charge in [-0.05, 0) is 12.1 Å². The summed E-state index contributed by atoms with van der Waals surface area (Å²) in [4.78, 5) is 4.25. The molecule has 96 valence electrons. The molecular weight excluding hydrogens is 270 g/mol. The van der Waals surface area contributed by atoms with Crippen molar-refractivity contribution >= 4 is 11.3 Å². The van der Waals surface area contributed by atoms with Gasteiger partial charge >= 0.3 is 6.18 Å². The summed E-state index contributed by atoms with van der Waals surface area (Å²) in [7, 11) is 0. The highest BCUT2D eigenvalue weighted by molar-refractivity contribution is 7.15. The van der Waals surface area contributed by atoms with E-state index >= 15 is 0 Å². The molecule has 0 aliphatic carbocycles. The Bertz CT molecular complexity index is 564. The number of rotatable bonds is 2. The van der Waals surface area contributed by atoms with E-state index in [-0.39, 0.29) is 17.2 Å². The molecule has 2 nitrogen and oxygen atoms in total. The summed E-state index contributed by atoms with van der Waals surface area (Å²) in [6, 6.07) is 3.03. The van der Waals surface area contributed by atoms with E-state index in [0.717, 1.165) is 17.4 Å². The Balaban J connectivity index is 2.52. The number of halogens is 4. The highest BCUT2D eigenvalue weighted by Crippen LogP contribution is 2.36. The van der Waals surface area contributed by atoms with Crippen molar-refractivity contribution in [1.29, 1.82) is 0 Å². The van der Waals surface area contributed by atoms with Crippen LogP contribution in [0.15, 0.2) is 24.4 Å². The minimum absolute atomic E-state index is 0.114. The lowest BCUT2D eigenvalue weighted by atomic mass is 10.1. The highest BCUT2D eigenvalue weighted by Gasteiger charge is 2.35. The van der Waals surface area contributed by atoms with E-state index in [1.54, 1.807) is 0 Å². The molecule has 2 aromatic rings. The van der Waals surface area contributed by atoms with Crippen LogP contribution < -0.4 is 0 Å². The Morgan fingerprint density at radius 3 is 2.56 bits per heavy atom. The second-order valence-corrected chi connectivity index (χ2v) is 4.57. The van der Waals surface area contributed by atoms with Gasteiger partial charge < -0.3 is 5.11 Å². The third-order valence-electron chi connectivity index (χ3n) is 2.24. The normalized spacial score (nSPS) is 11.8. The molecule has 1 aromatic carbocycles. The Labute approximate surface area is 104 Å². The lowest BCUT2D eigenvalue weighted by Gasteiger charge is -2.09. The summed E-state index contributed by atoms with van der Waals surface area (Å²) in [5, 5.41) is 8.96. The first-order valence-electron chi connectivity index (χ1n) is 4.85. The molecule has 2 rings (SSSR count). The van der Waals surface area contributed by atoms with Crippen LogP contribution in [0.4, 0.5) is 17.6 Å². The van der Waals surface area contributed by atoms with E-state index in [1.807, 2.05) is 0 Å². The predicted octanol–water partition coefficient (Wildman–Crippen LogP) is 3.46. The summed E-state index contributed by atoms with van der Waals surface area (Å²) >= 11 is 0.951. The SMILES string of the molecule is OCc1cnc(-c2cccc(C(F)(F)F)c2F)s1. The zero-order valence-electron chi connectivity index (χ0n) is 8.83. The lowest BCUT2D eigenvalue weighted by Crippen LogP contribution is -2.08. The van der Waals surface area contributed by atoms with Crippen molar-refractivity contribution in [2.75, 3.05) is 0 Å². The summed E-state index contributed by atoms with van der Waals surface area (Å²) in [5.74, 6) is -1.34. The van der Waals surface area contributed by atoms with Crippen LogP contribution in [-0.4, -0.2) is 10.1 Å². The van der Waals surface area contributed by atoms with Crippen LogP contribution in [0.2, 0.25) is 0 Å². The average Bonchev–Trinajstić information content (AvgIpc) is 2.76. The van der Waals surface area contributed by atoms with Crippen LogP contribution in [0.5, 0.6) is 0 Å². The first-order valence-corrected chi connectivity index (χ1v) is 5.66. The van der Waals surface area contributed by atoms with Gasteiger partial charge in [-0.3, -0.25) is 0 Å². The molecule has 0 saturated carbocycles. The summed E-state index contributed by atoms with van der Waals surface area (Å²) in [6.45, 7) is -0.280. The largest absolute Gasteiger partial charge is 0.419 e. The van der Waals surface area contributed by atoms with Gasteiger partial charge in [0.15, 0.2) is 0 Å². The molecule has 1 N–H and O–H groups in total. The monoisotopic (exact) mass is 277 g/mol. The molecule has 0 atom stereocenters. The molecule has 0 aliphatic heterocycles. The molecule has 1 aromatic heterocycles. The van der Waals surface area contributed by atoms with Gasteiger partial charge in [-0.25, -0.2) is 9.37 Å². The van der Waals surface area contributed by atoms with E-state index in [1.165, 1.54) is 12.3 Å². The maximum absolute atomic E-state index is 13.8. The van der Waals surface area contributed by atoms with Gasteiger partial charge in [0.2, 0.25) is 0 Å². The zero-order chi connectivity index (χ0) is 13.3. The van der Waals surface area contributed by atoms with Gasteiger partial charge in [-0.2, -0.15) is 13.2 Å². The van der Waals surface area contributed by atoms with E-state index in [4.69, 9.17) is 5.11 Å². The molecule has 0 radical (unpaired) electrons. The fourth-order valence-electron chi connectivity index (χ4n) is 1.42. The number of aromatic nitrogens is 1. The minimum Gasteiger partial charge on any atom is -0.391 e. The summed E-state index contributed by atoms with van der Waals surface area (Å²) < 4.78 is 51.3. The highest BCUT2D eigenvalue weighted by atomic mass is 32.1. The lowest BCUT2D eigenvalue weighted by molar-refractivity contribution is -0.139. The molecule has 0 unspecified atom stereocenters. The number of hydrogen-bond acceptors (Lipinski definition) is 3. The molecule has 0 aliphatic rings. The minimum atomic E-state index is -4.74. The maximum Gasteiger partial charge on any atom is 0.419 e. The molecule has 0 saturated heterocycles. The second kappa shape index (κ2) is 4.66. The average molecular weight is 277 g/mol. The van der Waals surface area contributed by atoms with Crippen LogP contribution in [0.25, 0.3) is 10.6 Å². The number of thiazole rings is 1. The van der Waals surface area contributed by atoms with Crippen molar-refractivity contribution in [3.05, 3.63) is 40.7 Å². The standard InChI is InChI=1S/C11H7F4NOS/c12-9-7(10-16-4-6(5-17)18-10)2-1-3-8(9)11(13,14)15/h1-4,17H,5H2. The van der Waals surface area contributed by atoms with Gasteiger partial charge in [-0.15, -0.1) is 11.3 Å². The molecule has 18 heavy (non-hydrogen) atoms. The number of aliphatic hydroxyl groups excluding tert-OH is 1. The van der Waals surface area contributed by atoms with Gasteiger partial charge in [-0.1, -0.05) is 6.07 Å². The Kier molecular flexibility index (Phi) is 3.36. The van der Waals surface area contributed by atoms with E-state index in [2.05, 4.69) is 4.98 Å². The van der Waals surface area contributed by atoms with Crippen molar-refractivity contribution in [3.63, 3.8) is 0 Å². The zero-order valence-corrected chi connectivity index (χ0v) is 9.65. The first kappa shape index (κ1) is 13.0. The fourth-order valence-corrected chi connectivity index (χ4v) is 2.21. The van der Waals surface area contributed by atoms with Crippen molar-refractivity contribution < 1.29 is 22.7 Å². The summed E-state index contributed by atoms with van der Waals surface area (Å²) in [5.41, 5.74) is -1.53. The fraction of sp³-hybridized carbons (Fsp3) is 0.182. The molecule has 0 amide bonds. The first-order chi connectivity index (χ1) is 8.43. The van der Waals surface area contributed by atoms with Crippen molar-refractivity contribution in [3.8, 4) is 10.6 Å². The van der Waals surface area contributed by atoms with Gasteiger partial charge in [0, 0.05) is 11.8 Å². The Morgan fingerprint density at radius 1 is 1.28 bits per heavy atom. The third kappa shape index (κ3) is 2.37. The Morgan fingerprint density at radius 2 is 2.00 bits per heavy atom.